The van der Waals surface area contributed by atoms with Crippen LogP contribution in [0.15, 0.2) is 54.6 Å². The van der Waals surface area contributed by atoms with Gasteiger partial charge in [0.05, 0.1) is 12.8 Å². The second-order valence-corrected chi connectivity index (χ2v) is 8.89. The summed E-state index contributed by atoms with van der Waals surface area (Å²) in [6, 6.07) is 18.5. The first kappa shape index (κ1) is 21.6. The number of amides is 1. The van der Waals surface area contributed by atoms with E-state index in [1.54, 1.807) is 7.11 Å². The third-order valence-corrected chi connectivity index (χ3v) is 6.82. The van der Waals surface area contributed by atoms with E-state index >= 15 is 0 Å². The van der Waals surface area contributed by atoms with Gasteiger partial charge in [-0.15, -0.1) is 0 Å². The van der Waals surface area contributed by atoms with Crippen molar-refractivity contribution in [2.24, 2.45) is 0 Å². The van der Waals surface area contributed by atoms with Crippen LogP contribution in [0.4, 0.5) is 5.69 Å². The van der Waals surface area contributed by atoms with Gasteiger partial charge in [-0.1, -0.05) is 36.8 Å². The molecule has 1 aromatic heterocycles. The summed E-state index contributed by atoms with van der Waals surface area (Å²) < 4.78 is 7.59. The maximum atomic E-state index is 13.7. The fraction of sp³-hybridized carbons (Fsp3) is 0.407. The molecule has 2 aliphatic heterocycles. The fourth-order valence-corrected chi connectivity index (χ4v) is 5.02. The van der Waals surface area contributed by atoms with Crippen molar-refractivity contribution in [1.82, 2.24) is 14.5 Å². The second kappa shape index (κ2) is 9.69. The van der Waals surface area contributed by atoms with E-state index in [4.69, 9.17) is 9.72 Å². The van der Waals surface area contributed by atoms with Crippen LogP contribution in [0.2, 0.25) is 0 Å². The first-order chi connectivity index (χ1) is 16.2. The number of ether oxygens (including phenoxy) is 1. The summed E-state index contributed by atoms with van der Waals surface area (Å²) in [5.41, 5.74) is 4.04. The number of fused-ring (bicyclic) bond motifs is 1. The quantitative estimate of drug-likeness (QED) is 0.588. The Kier molecular flexibility index (Phi) is 6.33. The smallest absolute Gasteiger partial charge is 0.274 e. The zero-order valence-corrected chi connectivity index (χ0v) is 19.4. The number of anilines is 1. The molecule has 0 saturated carbocycles. The maximum Gasteiger partial charge on any atom is 0.274 e. The summed E-state index contributed by atoms with van der Waals surface area (Å²) in [7, 11) is 1.68. The maximum absolute atomic E-state index is 13.7. The van der Waals surface area contributed by atoms with Gasteiger partial charge < -0.3 is 19.1 Å². The van der Waals surface area contributed by atoms with Gasteiger partial charge in [0.25, 0.3) is 5.91 Å². The van der Waals surface area contributed by atoms with Crippen LogP contribution in [-0.2, 0) is 13.0 Å². The zero-order valence-electron chi connectivity index (χ0n) is 19.4. The van der Waals surface area contributed by atoms with E-state index < -0.39 is 0 Å². The molecule has 5 rings (SSSR count). The molecule has 1 fully saturated rings. The van der Waals surface area contributed by atoms with Gasteiger partial charge in [0.2, 0.25) is 0 Å². The predicted molar refractivity (Wildman–Crippen MR) is 131 cm³/mol. The monoisotopic (exact) mass is 444 g/mol. The Morgan fingerprint density at radius 1 is 0.848 bits per heavy atom. The van der Waals surface area contributed by atoms with E-state index in [-0.39, 0.29) is 5.91 Å². The predicted octanol–water partition coefficient (Wildman–Crippen LogP) is 4.64. The van der Waals surface area contributed by atoms with E-state index in [1.807, 2.05) is 35.2 Å². The van der Waals surface area contributed by atoms with E-state index in [2.05, 4.69) is 33.7 Å². The molecule has 172 valence electrons. The molecular formula is C27H32N4O2. The average molecular weight is 445 g/mol. The van der Waals surface area contributed by atoms with Crippen molar-refractivity contribution in [3.05, 3.63) is 66.0 Å². The first-order valence-electron chi connectivity index (χ1n) is 12.1. The van der Waals surface area contributed by atoms with Gasteiger partial charge in [0.15, 0.2) is 0 Å². The molecule has 0 radical (unpaired) electrons. The third kappa shape index (κ3) is 4.47. The number of methoxy groups -OCH3 is 1. The number of hydrogen-bond donors (Lipinski definition) is 0. The lowest BCUT2D eigenvalue weighted by Crippen LogP contribution is -2.36. The molecule has 0 unspecified atom stereocenters. The van der Waals surface area contributed by atoms with Crippen molar-refractivity contribution >= 4 is 11.6 Å². The van der Waals surface area contributed by atoms with Crippen molar-refractivity contribution in [2.45, 2.75) is 38.6 Å². The Balaban J connectivity index is 1.38. The summed E-state index contributed by atoms with van der Waals surface area (Å²) >= 11 is 0. The Bertz CT molecular complexity index is 1090. The van der Waals surface area contributed by atoms with Gasteiger partial charge in [0.1, 0.15) is 17.3 Å². The lowest BCUT2D eigenvalue weighted by Gasteiger charge is -2.24. The molecular weight excluding hydrogens is 412 g/mol. The highest BCUT2D eigenvalue weighted by Crippen LogP contribution is 2.28. The highest BCUT2D eigenvalue weighted by atomic mass is 16.5. The number of rotatable bonds is 4. The van der Waals surface area contributed by atoms with Crippen LogP contribution in [0.1, 0.15) is 41.9 Å². The molecule has 6 nitrogen and oxygen atoms in total. The minimum Gasteiger partial charge on any atom is -0.497 e. The molecule has 3 heterocycles. The summed E-state index contributed by atoms with van der Waals surface area (Å²) in [6.07, 6.45) is 5.32. The summed E-state index contributed by atoms with van der Waals surface area (Å²) in [6.45, 7) is 4.16. The SMILES string of the molecule is COc1ccc(N2CCCN(C(=O)c3nc(-c4ccccc4)n4c3CCCCC4)CC2)cc1. The standard InChI is InChI=1S/C27H32N4O2/c1-33-23-14-12-22(13-15-23)29-16-8-17-30(20-19-29)27(32)25-24-11-6-3-7-18-31(24)26(28-25)21-9-4-2-5-10-21/h2,4-5,9-10,12-15H,3,6-8,11,16-20H2,1H3. The zero-order chi connectivity index (χ0) is 22.6. The molecule has 3 aromatic rings. The van der Waals surface area contributed by atoms with Crippen LogP contribution < -0.4 is 9.64 Å². The van der Waals surface area contributed by atoms with Gasteiger partial charge in [0, 0.05) is 44.0 Å². The normalized spacial score (nSPS) is 16.6. The number of carbonyl (C=O) groups is 1. The van der Waals surface area contributed by atoms with Crippen LogP contribution in [0, 0.1) is 0 Å². The fourth-order valence-electron chi connectivity index (χ4n) is 5.02. The molecule has 2 aliphatic rings. The summed E-state index contributed by atoms with van der Waals surface area (Å²) in [5.74, 6) is 1.88. The van der Waals surface area contributed by atoms with Gasteiger partial charge in [-0.3, -0.25) is 4.79 Å². The number of imidazole rings is 1. The summed E-state index contributed by atoms with van der Waals surface area (Å²) in [5, 5.41) is 0. The molecule has 0 aliphatic carbocycles. The molecule has 1 saturated heterocycles. The highest BCUT2D eigenvalue weighted by molar-refractivity contribution is 5.94. The van der Waals surface area contributed by atoms with Crippen LogP contribution >= 0.6 is 0 Å². The Morgan fingerprint density at radius 2 is 1.67 bits per heavy atom. The number of carbonyl (C=O) groups excluding carboxylic acids is 1. The number of nitrogens with zero attached hydrogens (tertiary/aromatic N) is 4. The van der Waals surface area contributed by atoms with Crippen LogP contribution in [-0.4, -0.2) is 53.6 Å². The van der Waals surface area contributed by atoms with Crippen molar-refractivity contribution in [3.8, 4) is 17.1 Å². The number of hydrogen-bond acceptors (Lipinski definition) is 4. The molecule has 1 amide bonds. The molecule has 33 heavy (non-hydrogen) atoms. The second-order valence-electron chi connectivity index (χ2n) is 8.89. The van der Waals surface area contributed by atoms with Gasteiger partial charge in [-0.25, -0.2) is 4.98 Å². The Hall–Kier alpha value is -3.28. The highest BCUT2D eigenvalue weighted by Gasteiger charge is 2.28. The molecule has 0 bridgehead atoms. The van der Waals surface area contributed by atoms with Crippen molar-refractivity contribution in [1.29, 1.82) is 0 Å². The number of aromatic nitrogens is 2. The van der Waals surface area contributed by atoms with Gasteiger partial charge in [-0.2, -0.15) is 0 Å². The minimum atomic E-state index is 0.0828. The van der Waals surface area contributed by atoms with E-state index in [0.717, 1.165) is 74.7 Å². The van der Waals surface area contributed by atoms with E-state index in [0.29, 0.717) is 12.2 Å². The minimum absolute atomic E-state index is 0.0828. The van der Waals surface area contributed by atoms with E-state index in [9.17, 15) is 4.79 Å². The Labute approximate surface area is 195 Å². The number of benzene rings is 2. The summed E-state index contributed by atoms with van der Waals surface area (Å²) in [4.78, 5) is 23.0. The largest absolute Gasteiger partial charge is 0.497 e. The van der Waals surface area contributed by atoms with Crippen molar-refractivity contribution in [3.63, 3.8) is 0 Å². The third-order valence-electron chi connectivity index (χ3n) is 6.82. The Morgan fingerprint density at radius 3 is 2.45 bits per heavy atom. The van der Waals surface area contributed by atoms with Gasteiger partial charge in [-0.05, 0) is 49.9 Å². The van der Waals surface area contributed by atoms with Crippen molar-refractivity contribution in [2.75, 3.05) is 38.2 Å². The van der Waals surface area contributed by atoms with Crippen LogP contribution in [0.3, 0.4) is 0 Å². The topological polar surface area (TPSA) is 50.6 Å². The van der Waals surface area contributed by atoms with E-state index in [1.165, 1.54) is 12.1 Å². The lowest BCUT2D eigenvalue weighted by molar-refractivity contribution is 0.0760. The average Bonchev–Trinajstić information content (AvgIpc) is 3.04. The molecule has 0 spiro atoms. The molecule has 2 aromatic carbocycles. The molecule has 0 atom stereocenters. The van der Waals surface area contributed by atoms with Crippen LogP contribution in [0.25, 0.3) is 11.4 Å². The molecule has 0 N–H and O–H groups in total. The first-order valence-corrected chi connectivity index (χ1v) is 12.1. The van der Waals surface area contributed by atoms with Crippen LogP contribution in [0.5, 0.6) is 5.75 Å². The van der Waals surface area contributed by atoms with Crippen molar-refractivity contribution < 1.29 is 9.53 Å². The lowest BCUT2D eigenvalue weighted by atomic mass is 10.1. The van der Waals surface area contributed by atoms with Gasteiger partial charge >= 0.3 is 0 Å². The molecule has 6 heteroatoms.